The lowest BCUT2D eigenvalue weighted by molar-refractivity contribution is 0.319. The van der Waals surface area contributed by atoms with Crippen molar-refractivity contribution in [2.24, 2.45) is 0 Å². The Morgan fingerprint density at radius 3 is 2.48 bits per heavy atom. The number of nitrogens with one attached hydrogen (secondary N) is 1. The molecule has 112 valence electrons. The van der Waals surface area contributed by atoms with Gasteiger partial charge in [-0.1, -0.05) is 19.1 Å². The lowest BCUT2D eigenvalue weighted by Gasteiger charge is -2.13. The molecule has 2 rings (SSSR count). The lowest BCUT2D eigenvalue weighted by atomic mass is 10.2. The molecule has 0 bridgehead atoms. The van der Waals surface area contributed by atoms with Crippen LogP contribution in [0.25, 0.3) is 0 Å². The van der Waals surface area contributed by atoms with E-state index in [-0.39, 0.29) is 12.1 Å². The average molecular weight is 295 g/mol. The second-order valence-electron chi connectivity index (χ2n) is 4.56. The normalized spacial score (nSPS) is 10.5. The van der Waals surface area contributed by atoms with Gasteiger partial charge in [0.15, 0.2) is 11.6 Å². The number of benzene rings is 2. The zero-order valence-electron chi connectivity index (χ0n) is 11.6. The molecule has 0 fully saturated rings. The Morgan fingerprint density at radius 2 is 1.71 bits per heavy atom. The van der Waals surface area contributed by atoms with Gasteiger partial charge in [0.2, 0.25) is 0 Å². The highest BCUT2D eigenvalue weighted by Crippen LogP contribution is 2.25. The second kappa shape index (κ2) is 7.02. The van der Waals surface area contributed by atoms with Crippen LogP contribution in [0.2, 0.25) is 0 Å². The first-order valence-electron chi connectivity index (χ1n) is 6.71. The van der Waals surface area contributed by atoms with Gasteiger partial charge in [0, 0.05) is 18.2 Å². The van der Waals surface area contributed by atoms with Gasteiger partial charge in [0.1, 0.15) is 11.6 Å². The van der Waals surface area contributed by atoms with E-state index in [4.69, 9.17) is 4.74 Å². The van der Waals surface area contributed by atoms with Gasteiger partial charge in [0.25, 0.3) is 0 Å². The van der Waals surface area contributed by atoms with Gasteiger partial charge in [-0.15, -0.1) is 0 Å². The quantitative estimate of drug-likeness (QED) is 0.792. The SMILES string of the molecule is CCCOc1ccccc1NCc1cc(F)c(F)cc1F. The van der Waals surface area contributed by atoms with Crippen LogP contribution in [-0.2, 0) is 6.54 Å². The van der Waals surface area contributed by atoms with Gasteiger partial charge in [0.05, 0.1) is 12.3 Å². The Kier molecular flexibility index (Phi) is 5.09. The molecule has 1 N–H and O–H groups in total. The van der Waals surface area contributed by atoms with Crippen molar-refractivity contribution >= 4 is 5.69 Å². The van der Waals surface area contributed by atoms with E-state index in [0.29, 0.717) is 24.1 Å². The Morgan fingerprint density at radius 1 is 1.00 bits per heavy atom. The van der Waals surface area contributed by atoms with Crippen LogP contribution in [0, 0.1) is 17.5 Å². The van der Waals surface area contributed by atoms with E-state index in [9.17, 15) is 13.2 Å². The molecular formula is C16H16F3NO. The number of anilines is 1. The number of hydrogen-bond acceptors (Lipinski definition) is 2. The molecule has 0 aliphatic heterocycles. The number of ether oxygens (including phenoxy) is 1. The van der Waals surface area contributed by atoms with E-state index in [0.717, 1.165) is 12.5 Å². The lowest BCUT2D eigenvalue weighted by Crippen LogP contribution is -2.06. The highest BCUT2D eigenvalue weighted by molar-refractivity contribution is 5.56. The third-order valence-corrected chi connectivity index (χ3v) is 2.91. The topological polar surface area (TPSA) is 21.3 Å². The minimum Gasteiger partial charge on any atom is -0.491 e. The van der Waals surface area contributed by atoms with Gasteiger partial charge in [-0.05, 0) is 24.6 Å². The first-order chi connectivity index (χ1) is 10.1. The van der Waals surface area contributed by atoms with E-state index in [1.54, 1.807) is 12.1 Å². The summed E-state index contributed by atoms with van der Waals surface area (Å²) in [6.45, 7) is 2.60. The molecule has 0 atom stereocenters. The van der Waals surface area contributed by atoms with Crippen LogP contribution in [0.15, 0.2) is 36.4 Å². The minimum absolute atomic E-state index is 0.0372. The number of para-hydroxylation sites is 2. The molecule has 0 aromatic heterocycles. The van der Waals surface area contributed by atoms with E-state index in [1.165, 1.54) is 0 Å². The molecular weight excluding hydrogens is 279 g/mol. The molecule has 2 aromatic carbocycles. The van der Waals surface area contributed by atoms with Crippen molar-refractivity contribution in [1.29, 1.82) is 0 Å². The summed E-state index contributed by atoms with van der Waals surface area (Å²) >= 11 is 0. The fourth-order valence-electron chi connectivity index (χ4n) is 1.84. The van der Waals surface area contributed by atoms with E-state index in [2.05, 4.69) is 5.32 Å². The highest BCUT2D eigenvalue weighted by atomic mass is 19.2. The monoisotopic (exact) mass is 295 g/mol. The summed E-state index contributed by atoms with van der Waals surface area (Å²) in [7, 11) is 0. The van der Waals surface area contributed by atoms with Crippen molar-refractivity contribution in [3.8, 4) is 5.75 Å². The zero-order chi connectivity index (χ0) is 15.2. The predicted octanol–water partition coefficient (Wildman–Crippen LogP) is 4.50. The third kappa shape index (κ3) is 3.90. The van der Waals surface area contributed by atoms with Crippen LogP contribution >= 0.6 is 0 Å². The second-order valence-corrected chi connectivity index (χ2v) is 4.56. The minimum atomic E-state index is -1.19. The van der Waals surface area contributed by atoms with E-state index >= 15 is 0 Å². The van der Waals surface area contributed by atoms with Crippen molar-refractivity contribution in [2.75, 3.05) is 11.9 Å². The standard InChI is InChI=1S/C16H16F3NO/c1-2-7-21-16-6-4-3-5-15(16)20-10-11-8-13(18)14(19)9-12(11)17/h3-6,8-9,20H,2,7,10H2,1H3. The predicted molar refractivity (Wildman–Crippen MR) is 75.9 cm³/mol. The molecule has 0 saturated heterocycles. The summed E-state index contributed by atoms with van der Waals surface area (Å²) in [6, 6.07) is 8.61. The summed E-state index contributed by atoms with van der Waals surface area (Å²) in [6.07, 6.45) is 0.867. The van der Waals surface area contributed by atoms with Crippen molar-refractivity contribution in [3.63, 3.8) is 0 Å². The third-order valence-electron chi connectivity index (χ3n) is 2.91. The van der Waals surface area contributed by atoms with Gasteiger partial charge >= 0.3 is 0 Å². The molecule has 0 saturated carbocycles. The smallest absolute Gasteiger partial charge is 0.161 e. The summed E-state index contributed by atoms with van der Waals surface area (Å²) in [5.41, 5.74) is 0.731. The van der Waals surface area contributed by atoms with Crippen molar-refractivity contribution < 1.29 is 17.9 Å². The summed E-state index contributed by atoms with van der Waals surface area (Å²) in [5, 5.41) is 2.97. The maximum absolute atomic E-state index is 13.6. The Balaban J connectivity index is 2.11. The fourth-order valence-corrected chi connectivity index (χ4v) is 1.84. The molecule has 2 nitrogen and oxygen atoms in total. The Bertz CT molecular complexity index is 616. The molecule has 2 aromatic rings. The summed E-state index contributed by atoms with van der Waals surface area (Å²) < 4.78 is 45.1. The van der Waals surface area contributed by atoms with Gasteiger partial charge < -0.3 is 10.1 Å². The van der Waals surface area contributed by atoms with Crippen LogP contribution in [0.5, 0.6) is 5.75 Å². The van der Waals surface area contributed by atoms with Crippen LogP contribution in [0.1, 0.15) is 18.9 Å². The number of hydrogen-bond donors (Lipinski definition) is 1. The van der Waals surface area contributed by atoms with Crippen LogP contribution in [0.4, 0.5) is 18.9 Å². The van der Waals surface area contributed by atoms with Crippen LogP contribution in [0.3, 0.4) is 0 Å². The zero-order valence-corrected chi connectivity index (χ0v) is 11.6. The molecule has 0 spiro atoms. The first-order valence-corrected chi connectivity index (χ1v) is 6.71. The van der Waals surface area contributed by atoms with Crippen molar-refractivity contribution in [3.05, 3.63) is 59.4 Å². The summed E-state index contributed by atoms with van der Waals surface area (Å²) in [4.78, 5) is 0. The van der Waals surface area contributed by atoms with E-state index in [1.807, 2.05) is 19.1 Å². The van der Waals surface area contributed by atoms with Crippen LogP contribution < -0.4 is 10.1 Å². The van der Waals surface area contributed by atoms with Crippen LogP contribution in [-0.4, -0.2) is 6.61 Å². The number of halogens is 3. The molecule has 0 aliphatic carbocycles. The van der Waals surface area contributed by atoms with Gasteiger partial charge in [-0.2, -0.15) is 0 Å². The summed E-state index contributed by atoms with van der Waals surface area (Å²) in [5.74, 6) is -2.40. The highest BCUT2D eigenvalue weighted by Gasteiger charge is 2.10. The molecule has 0 unspecified atom stereocenters. The first kappa shape index (κ1) is 15.2. The Labute approximate surface area is 121 Å². The maximum Gasteiger partial charge on any atom is 0.161 e. The largest absolute Gasteiger partial charge is 0.491 e. The molecule has 0 heterocycles. The van der Waals surface area contributed by atoms with Crippen molar-refractivity contribution in [2.45, 2.75) is 19.9 Å². The molecule has 21 heavy (non-hydrogen) atoms. The average Bonchev–Trinajstić information content (AvgIpc) is 2.48. The molecule has 5 heteroatoms. The van der Waals surface area contributed by atoms with Crippen molar-refractivity contribution in [1.82, 2.24) is 0 Å². The maximum atomic E-state index is 13.6. The van der Waals surface area contributed by atoms with E-state index < -0.39 is 17.5 Å². The Hall–Kier alpha value is -2.17. The van der Waals surface area contributed by atoms with Gasteiger partial charge in [-0.25, -0.2) is 13.2 Å². The molecule has 0 amide bonds. The number of rotatable bonds is 6. The molecule has 0 aliphatic rings. The van der Waals surface area contributed by atoms with Gasteiger partial charge in [-0.3, -0.25) is 0 Å². The fraction of sp³-hybridized carbons (Fsp3) is 0.250. The molecule has 0 radical (unpaired) electrons.